The van der Waals surface area contributed by atoms with E-state index >= 15 is 0 Å². The van der Waals surface area contributed by atoms with Crippen molar-refractivity contribution in [2.24, 2.45) is 4.99 Å². The summed E-state index contributed by atoms with van der Waals surface area (Å²) in [7, 11) is 0. The molecule has 0 bridgehead atoms. The van der Waals surface area contributed by atoms with Gasteiger partial charge in [0.15, 0.2) is 5.96 Å². The van der Waals surface area contributed by atoms with Crippen LogP contribution in [0.4, 0.5) is 5.82 Å². The van der Waals surface area contributed by atoms with Crippen LogP contribution in [0.1, 0.15) is 26.7 Å². The zero-order chi connectivity index (χ0) is 15.1. The van der Waals surface area contributed by atoms with Gasteiger partial charge in [0.05, 0.1) is 5.02 Å². The Morgan fingerprint density at radius 1 is 1.52 bits per heavy atom. The molecule has 21 heavy (non-hydrogen) atoms. The molecule has 0 aliphatic carbocycles. The average Bonchev–Trinajstić information content (AvgIpc) is 2.94. The third-order valence-corrected chi connectivity index (χ3v) is 3.70. The number of aliphatic imine (C=N–C) groups is 1. The van der Waals surface area contributed by atoms with Gasteiger partial charge in [0.2, 0.25) is 0 Å². The van der Waals surface area contributed by atoms with Crippen molar-refractivity contribution in [1.29, 1.82) is 0 Å². The molecule has 2 N–H and O–H groups in total. The van der Waals surface area contributed by atoms with Crippen LogP contribution in [0.25, 0.3) is 0 Å². The molecule has 1 fully saturated rings. The van der Waals surface area contributed by atoms with E-state index in [1.165, 1.54) is 0 Å². The number of aromatic nitrogens is 1. The molecule has 0 saturated carbocycles. The van der Waals surface area contributed by atoms with Crippen LogP contribution >= 0.6 is 11.6 Å². The van der Waals surface area contributed by atoms with Crippen LogP contribution < -0.4 is 15.5 Å². The normalized spacial score (nSPS) is 18.9. The molecule has 5 nitrogen and oxygen atoms in total. The molecular weight excluding hydrogens is 286 g/mol. The summed E-state index contributed by atoms with van der Waals surface area (Å²) >= 11 is 6.22. The van der Waals surface area contributed by atoms with E-state index in [1.807, 2.05) is 12.1 Å². The molecule has 1 saturated heterocycles. The lowest BCUT2D eigenvalue weighted by Gasteiger charge is -2.20. The number of nitrogens with one attached hydrogen (secondary N) is 2. The second-order valence-electron chi connectivity index (χ2n) is 5.15. The number of pyridine rings is 1. The largest absolute Gasteiger partial charge is 0.357 e. The number of hydrogen-bond donors (Lipinski definition) is 2. The Morgan fingerprint density at radius 2 is 2.38 bits per heavy atom. The molecule has 2 heterocycles. The van der Waals surface area contributed by atoms with Crippen LogP contribution in [0, 0.1) is 0 Å². The van der Waals surface area contributed by atoms with Gasteiger partial charge in [-0.3, -0.25) is 4.99 Å². The van der Waals surface area contributed by atoms with Crippen molar-refractivity contribution in [1.82, 2.24) is 15.6 Å². The molecule has 1 aromatic rings. The zero-order valence-electron chi connectivity index (χ0n) is 12.8. The van der Waals surface area contributed by atoms with Crippen LogP contribution in [0.5, 0.6) is 0 Å². The smallest absolute Gasteiger partial charge is 0.191 e. The summed E-state index contributed by atoms with van der Waals surface area (Å²) in [6.45, 7) is 7.79. The van der Waals surface area contributed by atoms with Crippen molar-refractivity contribution in [2.45, 2.75) is 32.7 Å². The van der Waals surface area contributed by atoms with Crippen molar-refractivity contribution in [3.05, 3.63) is 23.4 Å². The molecule has 2 rings (SSSR count). The number of nitrogens with zero attached hydrogens (tertiary/aromatic N) is 3. The second kappa shape index (κ2) is 8.08. The highest BCUT2D eigenvalue weighted by Gasteiger charge is 2.25. The topological polar surface area (TPSA) is 52.6 Å². The molecule has 116 valence electrons. The van der Waals surface area contributed by atoms with Gasteiger partial charge in [0.25, 0.3) is 0 Å². The maximum atomic E-state index is 6.22. The summed E-state index contributed by atoms with van der Waals surface area (Å²) < 4.78 is 0. The average molecular weight is 310 g/mol. The Kier molecular flexibility index (Phi) is 6.11. The first-order chi connectivity index (χ1) is 10.2. The third-order valence-electron chi connectivity index (χ3n) is 3.41. The highest BCUT2D eigenvalue weighted by Crippen LogP contribution is 2.25. The summed E-state index contributed by atoms with van der Waals surface area (Å²) in [6.07, 6.45) is 3.90. The highest BCUT2D eigenvalue weighted by molar-refractivity contribution is 6.32. The van der Waals surface area contributed by atoms with Gasteiger partial charge >= 0.3 is 0 Å². The minimum absolute atomic E-state index is 0.373. The van der Waals surface area contributed by atoms with E-state index in [-0.39, 0.29) is 0 Å². The molecule has 1 aliphatic rings. The van der Waals surface area contributed by atoms with Gasteiger partial charge in [-0.2, -0.15) is 0 Å². The van der Waals surface area contributed by atoms with Gasteiger partial charge in [-0.15, -0.1) is 0 Å². The predicted molar refractivity (Wildman–Crippen MR) is 89.3 cm³/mol. The molecule has 1 aromatic heterocycles. The van der Waals surface area contributed by atoms with E-state index in [9.17, 15) is 0 Å². The van der Waals surface area contributed by atoms with E-state index in [0.717, 1.165) is 50.8 Å². The fraction of sp³-hybridized carbons (Fsp3) is 0.600. The van der Waals surface area contributed by atoms with Gasteiger partial charge in [0, 0.05) is 38.4 Å². The first-order valence-electron chi connectivity index (χ1n) is 7.64. The van der Waals surface area contributed by atoms with Gasteiger partial charge in [-0.05, 0) is 31.9 Å². The summed E-state index contributed by atoms with van der Waals surface area (Å²) in [5.41, 5.74) is 0. The molecule has 0 radical (unpaired) electrons. The molecular formula is C15H24ClN5. The number of rotatable bonds is 5. The lowest BCUT2D eigenvalue weighted by Crippen LogP contribution is -2.44. The molecule has 0 amide bonds. The highest BCUT2D eigenvalue weighted by atomic mass is 35.5. The summed E-state index contributed by atoms with van der Waals surface area (Å²) in [4.78, 5) is 11.2. The summed E-state index contributed by atoms with van der Waals surface area (Å²) in [6, 6.07) is 4.12. The third kappa shape index (κ3) is 4.49. The SMILES string of the molecule is CCCN=C(NCC)NC1CCN(c2ncccc2Cl)C1. The Labute approximate surface area is 131 Å². The van der Waals surface area contributed by atoms with E-state index in [2.05, 4.69) is 39.4 Å². The van der Waals surface area contributed by atoms with Crippen LogP contribution in [-0.2, 0) is 0 Å². The first kappa shape index (κ1) is 15.9. The number of guanidine groups is 1. The molecule has 1 aliphatic heterocycles. The van der Waals surface area contributed by atoms with Crippen molar-refractivity contribution >= 4 is 23.4 Å². The molecule has 1 unspecified atom stereocenters. The fourth-order valence-corrected chi connectivity index (χ4v) is 2.66. The minimum Gasteiger partial charge on any atom is -0.357 e. The van der Waals surface area contributed by atoms with Crippen molar-refractivity contribution in [2.75, 3.05) is 31.1 Å². The van der Waals surface area contributed by atoms with Crippen LogP contribution in [-0.4, -0.2) is 43.2 Å². The van der Waals surface area contributed by atoms with E-state index in [1.54, 1.807) is 6.20 Å². The van der Waals surface area contributed by atoms with Crippen molar-refractivity contribution in [3.8, 4) is 0 Å². The maximum Gasteiger partial charge on any atom is 0.191 e. The Balaban J connectivity index is 1.94. The summed E-state index contributed by atoms with van der Waals surface area (Å²) in [5.74, 6) is 1.78. The van der Waals surface area contributed by atoms with Crippen LogP contribution in [0.3, 0.4) is 0 Å². The molecule has 6 heteroatoms. The van der Waals surface area contributed by atoms with Gasteiger partial charge < -0.3 is 15.5 Å². The Morgan fingerprint density at radius 3 is 3.10 bits per heavy atom. The Bertz CT molecular complexity index is 477. The van der Waals surface area contributed by atoms with Gasteiger partial charge in [0.1, 0.15) is 5.82 Å². The molecule has 0 spiro atoms. The number of hydrogen-bond acceptors (Lipinski definition) is 3. The minimum atomic E-state index is 0.373. The van der Waals surface area contributed by atoms with E-state index < -0.39 is 0 Å². The molecule has 0 aromatic carbocycles. The van der Waals surface area contributed by atoms with Crippen molar-refractivity contribution < 1.29 is 0 Å². The maximum absolute atomic E-state index is 6.22. The quantitative estimate of drug-likeness (QED) is 0.647. The lowest BCUT2D eigenvalue weighted by atomic mass is 10.3. The number of halogens is 1. The second-order valence-corrected chi connectivity index (χ2v) is 5.55. The van der Waals surface area contributed by atoms with Gasteiger partial charge in [-0.25, -0.2) is 4.98 Å². The van der Waals surface area contributed by atoms with Crippen LogP contribution in [0.15, 0.2) is 23.3 Å². The lowest BCUT2D eigenvalue weighted by molar-refractivity contribution is 0.648. The molecule has 1 atom stereocenters. The first-order valence-corrected chi connectivity index (χ1v) is 8.02. The zero-order valence-corrected chi connectivity index (χ0v) is 13.5. The standard InChI is InChI=1S/C15H24ClN5/c1-3-8-19-15(17-4-2)20-12-7-10-21(11-12)14-13(16)6-5-9-18-14/h5-6,9,12H,3-4,7-8,10-11H2,1-2H3,(H2,17,19,20). The van der Waals surface area contributed by atoms with Crippen molar-refractivity contribution in [3.63, 3.8) is 0 Å². The predicted octanol–water partition coefficient (Wildman–Crippen LogP) is 2.28. The van der Waals surface area contributed by atoms with Crippen LogP contribution in [0.2, 0.25) is 5.02 Å². The Hall–Kier alpha value is -1.49. The fourth-order valence-electron chi connectivity index (χ4n) is 2.42. The number of anilines is 1. The van der Waals surface area contributed by atoms with Gasteiger partial charge in [-0.1, -0.05) is 18.5 Å². The van der Waals surface area contributed by atoms with E-state index in [0.29, 0.717) is 11.1 Å². The van der Waals surface area contributed by atoms with E-state index in [4.69, 9.17) is 11.6 Å². The monoisotopic (exact) mass is 309 g/mol. The summed E-state index contributed by atoms with van der Waals surface area (Å²) in [5, 5.41) is 7.50.